The lowest BCUT2D eigenvalue weighted by Crippen LogP contribution is -2.13. The fraction of sp³-hybridized carbons (Fsp3) is 0.111. The summed E-state index contributed by atoms with van der Waals surface area (Å²) < 4.78 is 0. The zero-order valence-corrected chi connectivity index (χ0v) is 14.3. The van der Waals surface area contributed by atoms with Gasteiger partial charge in [-0.1, -0.05) is 48.2 Å². The van der Waals surface area contributed by atoms with Crippen molar-refractivity contribution < 1.29 is 4.79 Å². The minimum atomic E-state index is -0.830. The minimum absolute atomic E-state index is 0.151. The molecule has 0 unspecified atom stereocenters. The molecule has 4 nitrogen and oxygen atoms in total. The highest BCUT2D eigenvalue weighted by atomic mass is 32.2. The highest BCUT2D eigenvalue weighted by Gasteiger charge is 2.24. The SMILES string of the molecule is N#C[C@H](C(=O)CSc1ccccn1)c1nc(-c2ccccc2)cs1. The highest BCUT2D eigenvalue weighted by molar-refractivity contribution is 7.99. The normalized spacial score (nSPS) is 11.6. The van der Waals surface area contributed by atoms with Gasteiger partial charge in [0, 0.05) is 17.1 Å². The first kappa shape index (κ1) is 16.4. The number of benzene rings is 1. The Morgan fingerprint density at radius 1 is 1.21 bits per heavy atom. The van der Waals surface area contributed by atoms with E-state index in [1.54, 1.807) is 6.20 Å². The van der Waals surface area contributed by atoms with Crippen molar-refractivity contribution >= 4 is 28.9 Å². The zero-order valence-electron chi connectivity index (χ0n) is 12.6. The number of carbonyl (C=O) groups is 1. The van der Waals surface area contributed by atoms with Gasteiger partial charge in [0.05, 0.1) is 22.5 Å². The van der Waals surface area contributed by atoms with Crippen molar-refractivity contribution in [1.29, 1.82) is 5.26 Å². The third kappa shape index (κ3) is 3.88. The van der Waals surface area contributed by atoms with Crippen molar-refractivity contribution in [2.45, 2.75) is 10.9 Å². The summed E-state index contributed by atoms with van der Waals surface area (Å²) in [5.41, 5.74) is 1.77. The number of carbonyl (C=O) groups excluding carboxylic acids is 1. The van der Waals surface area contributed by atoms with Crippen LogP contribution in [-0.4, -0.2) is 21.5 Å². The first-order valence-corrected chi connectivity index (χ1v) is 9.11. The molecule has 6 heteroatoms. The number of aromatic nitrogens is 2. The number of hydrogen-bond donors (Lipinski definition) is 0. The van der Waals surface area contributed by atoms with Crippen molar-refractivity contribution in [2.75, 3.05) is 5.75 Å². The Hall–Kier alpha value is -2.49. The third-order valence-electron chi connectivity index (χ3n) is 3.29. The van der Waals surface area contributed by atoms with E-state index < -0.39 is 5.92 Å². The summed E-state index contributed by atoms with van der Waals surface area (Å²) in [5, 5.41) is 12.6. The molecule has 0 bridgehead atoms. The predicted molar refractivity (Wildman–Crippen MR) is 95.9 cm³/mol. The number of hydrogen-bond acceptors (Lipinski definition) is 6. The summed E-state index contributed by atoms with van der Waals surface area (Å²) >= 11 is 2.68. The summed E-state index contributed by atoms with van der Waals surface area (Å²) in [6.07, 6.45) is 1.68. The molecular formula is C18H13N3OS2. The Bertz CT molecular complexity index is 857. The van der Waals surface area contributed by atoms with Crippen LogP contribution in [-0.2, 0) is 4.79 Å². The van der Waals surface area contributed by atoms with Gasteiger partial charge in [-0.15, -0.1) is 11.3 Å². The van der Waals surface area contributed by atoms with Crippen molar-refractivity contribution in [3.63, 3.8) is 0 Å². The largest absolute Gasteiger partial charge is 0.297 e. The van der Waals surface area contributed by atoms with Crippen LogP contribution >= 0.6 is 23.1 Å². The van der Waals surface area contributed by atoms with Crippen LogP contribution in [0.15, 0.2) is 65.1 Å². The molecule has 0 saturated carbocycles. The Labute approximate surface area is 148 Å². The first-order valence-electron chi connectivity index (χ1n) is 7.25. The third-order valence-corrected chi connectivity index (χ3v) is 5.17. The number of Topliss-reactive ketones (excluding diaryl/α,β-unsaturated/α-hetero) is 1. The average Bonchev–Trinajstić information content (AvgIpc) is 3.12. The molecule has 0 spiro atoms. The molecule has 2 heterocycles. The van der Waals surface area contributed by atoms with Gasteiger partial charge in [-0.2, -0.15) is 5.26 Å². The Morgan fingerprint density at radius 2 is 2.00 bits per heavy atom. The molecular weight excluding hydrogens is 338 g/mol. The molecule has 0 aliphatic heterocycles. The van der Waals surface area contributed by atoms with E-state index in [0.29, 0.717) is 5.01 Å². The minimum Gasteiger partial charge on any atom is -0.297 e. The zero-order chi connectivity index (χ0) is 16.8. The van der Waals surface area contributed by atoms with Gasteiger partial charge in [-0.25, -0.2) is 9.97 Å². The lowest BCUT2D eigenvalue weighted by atomic mass is 10.1. The van der Waals surface area contributed by atoms with Gasteiger partial charge in [0.25, 0.3) is 0 Å². The fourth-order valence-corrected chi connectivity index (χ4v) is 3.75. The van der Waals surface area contributed by atoms with Gasteiger partial charge >= 0.3 is 0 Å². The van der Waals surface area contributed by atoms with E-state index in [4.69, 9.17) is 0 Å². The lowest BCUT2D eigenvalue weighted by Gasteiger charge is -2.04. The monoisotopic (exact) mass is 351 g/mol. The van der Waals surface area contributed by atoms with Crippen LogP contribution in [0.4, 0.5) is 0 Å². The molecule has 1 aromatic carbocycles. The molecule has 0 radical (unpaired) electrons. The smallest absolute Gasteiger partial charge is 0.167 e. The van der Waals surface area contributed by atoms with E-state index in [1.165, 1.54) is 23.1 Å². The topological polar surface area (TPSA) is 66.6 Å². The van der Waals surface area contributed by atoms with E-state index in [-0.39, 0.29) is 11.5 Å². The molecule has 0 N–H and O–H groups in total. The lowest BCUT2D eigenvalue weighted by molar-refractivity contribution is -0.116. The van der Waals surface area contributed by atoms with Gasteiger partial charge in [0.1, 0.15) is 5.01 Å². The van der Waals surface area contributed by atoms with Crippen LogP contribution < -0.4 is 0 Å². The molecule has 0 aliphatic carbocycles. The number of ketones is 1. The Morgan fingerprint density at radius 3 is 2.71 bits per heavy atom. The van der Waals surface area contributed by atoms with E-state index in [2.05, 4.69) is 16.0 Å². The Balaban J connectivity index is 1.71. The molecule has 24 heavy (non-hydrogen) atoms. The highest BCUT2D eigenvalue weighted by Crippen LogP contribution is 2.28. The molecule has 0 aliphatic rings. The van der Waals surface area contributed by atoms with Crippen LogP contribution in [0, 0.1) is 11.3 Å². The summed E-state index contributed by atoms with van der Waals surface area (Å²) in [6.45, 7) is 0. The van der Waals surface area contributed by atoms with Crippen LogP contribution in [0.3, 0.4) is 0 Å². The van der Waals surface area contributed by atoms with E-state index in [9.17, 15) is 10.1 Å². The van der Waals surface area contributed by atoms with Crippen molar-refractivity contribution in [2.24, 2.45) is 0 Å². The van der Waals surface area contributed by atoms with Crippen molar-refractivity contribution in [1.82, 2.24) is 9.97 Å². The quantitative estimate of drug-likeness (QED) is 0.623. The summed E-state index contributed by atoms with van der Waals surface area (Å²) in [6, 6.07) is 17.3. The summed E-state index contributed by atoms with van der Waals surface area (Å²) in [5.74, 6) is -0.777. The van der Waals surface area contributed by atoms with Crippen molar-refractivity contribution in [3.05, 3.63) is 65.1 Å². The number of nitrogens with zero attached hydrogens (tertiary/aromatic N) is 3. The maximum atomic E-state index is 12.4. The van der Waals surface area contributed by atoms with Crippen LogP contribution in [0.2, 0.25) is 0 Å². The van der Waals surface area contributed by atoms with Gasteiger partial charge in [-0.05, 0) is 12.1 Å². The number of rotatable bonds is 6. The van der Waals surface area contributed by atoms with Gasteiger partial charge in [-0.3, -0.25) is 4.79 Å². The molecule has 118 valence electrons. The number of thioether (sulfide) groups is 1. The van der Waals surface area contributed by atoms with Gasteiger partial charge < -0.3 is 0 Å². The first-order chi connectivity index (χ1) is 11.8. The van der Waals surface area contributed by atoms with Crippen LogP contribution in [0.25, 0.3) is 11.3 Å². The van der Waals surface area contributed by atoms with Crippen LogP contribution in [0.1, 0.15) is 10.9 Å². The maximum Gasteiger partial charge on any atom is 0.167 e. The molecule has 1 atom stereocenters. The van der Waals surface area contributed by atoms with E-state index >= 15 is 0 Å². The maximum absolute atomic E-state index is 12.4. The summed E-state index contributed by atoms with van der Waals surface area (Å²) in [7, 11) is 0. The number of thiazole rings is 1. The van der Waals surface area contributed by atoms with E-state index in [1.807, 2.05) is 53.9 Å². The van der Waals surface area contributed by atoms with E-state index in [0.717, 1.165) is 16.3 Å². The second-order valence-corrected chi connectivity index (χ2v) is 6.81. The second kappa shape index (κ2) is 7.86. The molecule has 3 rings (SSSR count). The second-order valence-electron chi connectivity index (χ2n) is 4.92. The van der Waals surface area contributed by atoms with Crippen LogP contribution in [0.5, 0.6) is 0 Å². The summed E-state index contributed by atoms with van der Waals surface area (Å²) in [4.78, 5) is 21.0. The average molecular weight is 351 g/mol. The van der Waals surface area contributed by atoms with Crippen molar-refractivity contribution in [3.8, 4) is 17.3 Å². The molecule has 0 saturated heterocycles. The van der Waals surface area contributed by atoms with Gasteiger partial charge in [0.15, 0.2) is 11.7 Å². The number of pyridine rings is 1. The van der Waals surface area contributed by atoms with Gasteiger partial charge in [0.2, 0.25) is 0 Å². The molecule has 2 aromatic heterocycles. The Kier molecular flexibility index (Phi) is 5.36. The molecule has 0 fully saturated rings. The number of nitriles is 1. The molecule has 0 amide bonds. The predicted octanol–water partition coefficient (Wildman–Crippen LogP) is 4.17. The standard InChI is InChI=1S/C18H13N3OS2/c19-10-14(16(22)12-23-17-8-4-5-9-20-17)18-21-15(11-24-18)13-6-2-1-3-7-13/h1-9,11,14H,12H2/t14-/m1/s1. The fourth-order valence-electron chi connectivity index (χ4n) is 2.09. The molecule has 3 aromatic rings.